The van der Waals surface area contributed by atoms with E-state index in [1.807, 2.05) is 6.92 Å². The number of hydrogen-bond acceptors (Lipinski definition) is 0. The van der Waals surface area contributed by atoms with Gasteiger partial charge >= 0.3 is 0 Å². The molecule has 2 fully saturated rings. The Morgan fingerprint density at radius 3 is 2.12 bits per heavy atom. The normalized spacial score (nSPS) is 36.9. The SMILES string of the molecule is CC1CC(F)(F)CCC1C1CCCCCC1. The summed E-state index contributed by atoms with van der Waals surface area (Å²) < 4.78 is 26.6. The molecule has 2 unspecified atom stereocenters. The Labute approximate surface area is 97.8 Å². The third-order valence-electron chi connectivity index (χ3n) is 4.70. The number of rotatable bonds is 1. The molecule has 0 amide bonds. The molecule has 94 valence electrons. The third-order valence-corrected chi connectivity index (χ3v) is 4.70. The van der Waals surface area contributed by atoms with E-state index in [4.69, 9.17) is 0 Å². The summed E-state index contributed by atoms with van der Waals surface area (Å²) in [7, 11) is 0. The predicted molar refractivity (Wildman–Crippen MR) is 62.6 cm³/mol. The molecule has 0 saturated heterocycles. The smallest absolute Gasteiger partial charge is 0.207 e. The lowest BCUT2D eigenvalue weighted by Gasteiger charge is -2.38. The first-order chi connectivity index (χ1) is 7.58. The summed E-state index contributed by atoms with van der Waals surface area (Å²) in [6.07, 6.45) is 8.97. The molecule has 0 nitrogen and oxygen atoms in total. The first-order valence-electron chi connectivity index (χ1n) is 6.96. The van der Waals surface area contributed by atoms with Gasteiger partial charge in [-0.1, -0.05) is 45.4 Å². The largest absolute Gasteiger partial charge is 0.248 e. The van der Waals surface area contributed by atoms with Crippen molar-refractivity contribution in [3.63, 3.8) is 0 Å². The van der Waals surface area contributed by atoms with Gasteiger partial charge in [0.25, 0.3) is 0 Å². The van der Waals surface area contributed by atoms with E-state index in [0.717, 1.165) is 12.3 Å². The minimum Gasteiger partial charge on any atom is -0.207 e. The molecule has 16 heavy (non-hydrogen) atoms. The average molecular weight is 230 g/mol. The van der Waals surface area contributed by atoms with Crippen molar-refractivity contribution >= 4 is 0 Å². The van der Waals surface area contributed by atoms with E-state index in [-0.39, 0.29) is 18.8 Å². The summed E-state index contributed by atoms with van der Waals surface area (Å²) in [5, 5.41) is 0. The zero-order valence-electron chi connectivity index (χ0n) is 10.4. The Hall–Kier alpha value is -0.140. The van der Waals surface area contributed by atoms with Crippen LogP contribution in [0, 0.1) is 17.8 Å². The van der Waals surface area contributed by atoms with Gasteiger partial charge in [0, 0.05) is 12.8 Å². The Kier molecular flexibility index (Phi) is 3.86. The van der Waals surface area contributed by atoms with Crippen molar-refractivity contribution in [1.82, 2.24) is 0 Å². The van der Waals surface area contributed by atoms with Gasteiger partial charge in [0.15, 0.2) is 0 Å². The molecule has 0 aromatic carbocycles. The molecule has 0 N–H and O–H groups in total. The summed E-state index contributed by atoms with van der Waals surface area (Å²) in [4.78, 5) is 0. The molecule has 0 spiro atoms. The quantitative estimate of drug-likeness (QED) is 0.554. The second kappa shape index (κ2) is 5.01. The van der Waals surface area contributed by atoms with Crippen LogP contribution in [0.4, 0.5) is 8.78 Å². The summed E-state index contributed by atoms with van der Waals surface area (Å²) in [6, 6.07) is 0. The highest BCUT2D eigenvalue weighted by molar-refractivity contribution is 4.86. The summed E-state index contributed by atoms with van der Waals surface area (Å²) in [5.41, 5.74) is 0. The van der Waals surface area contributed by atoms with Crippen LogP contribution in [0.3, 0.4) is 0 Å². The fourth-order valence-electron chi connectivity index (χ4n) is 3.83. The van der Waals surface area contributed by atoms with E-state index in [1.54, 1.807) is 0 Å². The van der Waals surface area contributed by atoms with Crippen molar-refractivity contribution in [3.05, 3.63) is 0 Å². The van der Waals surface area contributed by atoms with Crippen molar-refractivity contribution < 1.29 is 8.78 Å². The molecule has 2 aliphatic rings. The molecule has 2 heteroatoms. The van der Waals surface area contributed by atoms with Gasteiger partial charge < -0.3 is 0 Å². The summed E-state index contributed by atoms with van der Waals surface area (Å²) >= 11 is 0. The highest BCUT2D eigenvalue weighted by atomic mass is 19.3. The number of alkyl halides is 2. The van der Waals surface area contributed by atoms with Gasteiger partial charge in [-0.15, -0.1) is 0 Å². The minimum atomic E-state index is -2.37. The highest BCUT2D eigenvalue weighted by Gasteiger charge is 2.41. The van der Waals surface area contributed by atoms with E-state index in [1.165, 1.54) is 38.5 Å². The molecule has 0 aliphatic heterocycles. The van der Waals surface area contributed by atoms with E-state index in [9.17, 15) is 8.78 Å². The van der Waals surface area contributed by atoms with Crippen LogP contribution in [0.1, 0.15) is 64.7 Å². The molecule has 0 radical (unpaired) electrons. The van der Waals surface area contributed by atoms with Gasteiger partial charge in [0.2, 0.25) is 5.92 Å². The zero-order valence-corrected chi connectivity index (χ0v) is 10.4. The third kappa shape index (κ3) is 2.95. The van der Waals surface area contributed by atoms with Crippen molar-refractivity contribution in [2.24, 2.45) is 17.8 Å². The Balaban J connectivity index is 1.93. The molecular formula is C14H24F2. The lowest BCUT2D eigenvalue weighted by atomic mass is 9.70. The Morgan fingerprint density at radius 1 is 0.938 bits per heavy atom. The first-order valence-corrected chi connectivity index (χ1v) is 6.96. The maximum absolute atomic E-state index is 13.3. The Morgan fingerprint density at radius 2 is 1.56 bits per heavy atom. The van der Waals surface area contributed by atoms with E-state index in [2.05, 4.69) is 0 Å². The molecule has 2 aliphatic carbocycles. The second-order valence-corrected chi connectivity index (χ2v) is 5.99. The van der Waals surface area contributed by atoms with Crippen LogP contribution < -0.4 is 0 Å². The molecular weight excluding hydrogens is 206 g/mol. The van der Waals surface area contributed by atoms with Crippen molar-refractivity contribution in [2.75, 3.05) is 0 Å². The molecule has 2 rings (SSSR count). The summed E-state index contributed by atoms with van der Waals surface area (Å²) in [5.74, 6) is -0.820. The number of hydrogen-bond donors (Lipinski definition) is 0. The van der Waals surface area contributed by atoms with Crippen LogP contribution in [0.15, 0.2) is 0 Å². The molecule has 0 bridgehead atoms. The average Bonchev–Trinajstić information content (AvgIpc) is 2.44. The van der Waals surface area contributed by atoms with Crippen LogP contribution >= 0.6 is 0 Å². The first kappa shape index (κ1) is 12.3. The van der Waals surface area contributed by atoms with Gasteiger partial charge in [-0.3, -0.25) is 0 Å². The molecule has 0 heterocycles. The van der Waals surface area contributed by atoms with Gasteiger partial charge in [-0.25, -0.2) is 8.78 Å². The van der Waals surface area contributed by atoms with Crippen LogP contribution in [-0.2, 0) is 0 Å². The van der Waals surface area contributed by atoms with E-state index in [0.29, 0.717) is 5.92 Å². The van der Waals surface area contributed by atoms with Crippen LogP contribution in [-0.4, -0.2) is 5.92 Å². The van der Waals surface area contributed by atoms with Gasteiger partial charge in [0.1, 0.15) is 0 Å². The van der Waals surface area contributed by atoms with Crippen molar-refractivity contribution in [3.8, 4) is 0 Å². The summed E-state index contributed by atoms with van der Waals surface area (Å²) in [6.45, 7) is 2.04. The molecule has 0 aromatic heterocycles. The van der Waals surface area contributed by atoms with E-state index < -0.39 is 5.92 Å². The standard InChI is InChI=1S/C14H24F2/c1-11-10-14(15,16)9-8-13(11)12-6-4-2-3-5-7-12/h11-13H,2-10H2,1H3. The number of halogens is 2. The van der Waals surface area contributed by atoms with Crippen molar-refractivity contribution in [2.45, 2.75) is 70.6 Å². The second-order valence-electron chi connectivity index (χ2n) is 5.99. The lowest BCUT2D eigenvalue weighted by molar-refractivity contribution is -0.0753. The predicted octanol–water partition coefficient (Wildman–Crippen LogP) is 5.03. The van der Waals surface area contributed by atoms with Crippen molar-refractivity contribution in [1.29, 1.82) is 0 Å². The van der Waals surface area contributed by atoms with Gasteiger partial charge in [0.05, 0.1) is 0 Å². The highest BCUT2D eigenvalue weighted by Crippen LogP contribution is 2.45. The zero-order chi connectivity index (χ0) is 11.6. The monoisotopic (exact) mass is 230 g/mol. The maximum atomic E-state index is 13.3. The van der Waals surface area contributed by atoms with E-state index >= 15 is 0 Å². The van der Waals surface area contributed by atoms with Gasteiger partial charge in [-0.2, -0.15) is 0 Å². The topological polar surface area (TPSA) is 0 Å². The maximum Gasteiger partial charge on any atom is 0.248 e. The van der Waals surface area contributed by atoms with Crippen LogP contribution in [0.25, 0.3) is 0 Å². The fourth-order valence-corrected chi connectivity index (χ4v) is 3.83. The Bertz CT molecular complexity index is 217. The van der Waals surface area contributed by atoms with Gasteiger partial charge in [-0.05, 0) is 24.2 Å². The lowest BCUT2D eigenvalue weighted by Crippen LogP contribution is -2.34. The molecule has 2 saturated carbocycles. The van der Waals surface area contributed by atoms with Crippen LogP contribution in [0.2, 0.25) is 0 Å². The molecule has 2 atom stereocenters. The fraction of sp³-hybridized carbons (Fsp3) is 1.00. The minimum absolute atomic E-state index is 0.133. The van der Waals surface area contributed by atoms with Crippen LogP contribution in [0.5, 0.6) is 0 Å². The molecule has 0 aromatic rings.